The van der Waals surface area contributed by atoms with Gasteiger partial charge >= 0.3 is 0 Å². The Morgan fingerprint density at radius 3 is 1.42 bits per heavy atom. The van der Waals surface area contributed by atoms with Crippen molar-refractivity contribution in [2.24, 2.45) is 0 Å². The Labute approximate surface area is 69.9 Å². The van der Waals surface area contributed by atoms with Crippen LogP contribution in [0.3, 0.4) is 0 Å². The Morgan fingerprint density at radius 1 is 0.833 bits per heavy atom. The van der Waals surface area contributed by atoms with Crippen LogP contribution in [0.15, 0.2) is 0 Å². The van der Waals surface area contributed by atoms with Crippen molar-refractivity contribution in [3.8, 4) is 0 Å². The average molecular weight is 170 g/mol. The molecule has 0 aliphatic rings. The molecule has 0 bridgehead atoms. The van der Waals surface area contributed by atoms with Gasteiger partial charge in [-0.25, -0.2) is 0 Å². The van der Waals surface area contributed by atoms with Crippen LogP contribution in [0.1, 0.15) is 25.7 Å². The van der Waals surface area contributed by atoms with E-state index in [1.807, 2.05) is 0 Å². The number of carbonyl (C=O) groups excluding carboxylic acids is 4. The molecule has 0 unspecified atom stereocenters. The number of rotatable bonds is 7. The second-order valence-electron chi connectivity index (χ2n) is 2.32. The van der Waals surface area contributed by atoms with E-state index in [9.17, 15) is 19.2 Å². The van der Waals surface area contributed by atoms with Gasteiger partial charge in [0.1, 0.15) is 24.1 Å². The number of ketones is 2. The summed E-state index contributed by atoms with van der Waals surface area (Å²) in [6, 6.07) is 0. The molecule has 66 valence electrons. The van der Waals surface area contributed by atoms with Crippen molar-refractivity contribution in [1.29, 1.82) is 0 Å². The van der Waals surface area contributed by atoms with Gasteiger partial charge in [0.25, 0.3) is 0 Å². The summed E-state index contributed by atoms with van der Waals surface area (Å²) in [7, 11) is 0. The number of Topliss-reactive ketones (excluding diaryl/α,β-unsaturated/α-hetero) is 2. The number of carbonyl (C=O) groups is 4. The van der Waals surface area contributed by atoms with Crippen molar-refractivity contribution < 1.29 is 19.2 Å². The molecular weight excluding hydrogens is 160 g/mol. The monoisotopic (exact) mass is 170 g/mol. The van der Waals surface area contributed by atoms with Crippen LogP contribution in [-0.2, 0) is 19.2 Å². The highest BCUT2D eigenvalue weighted by Gasteiger charge is 2.05. The zero-order chi connectivity index (χ0) is 9.40. The maximum atomic E-state index is 10.7. The first-order valence-corrected chi connectivity index (χ1v) is 3.61. The van der Waals surface area contributed by atoms with E-state index in [1.165, 1.54) is 0 Å². The summed E-state index contributed by atoms with van der Waals surface area (Å²) in [6.07, 6.45) is 0.846. The molecule has 0 aliphatic carbocycles. The van der Waals surface area contributed by atoms with Gasteiger partial charge in [0.2, 0.25) is 0 Å². The molecule has 0 rings (SSSR count). The van der Waals surface area contributed by atoms with Crippen molar-refractivity contribution in [3.63, 3.8) is 0 Å². The summed E-state index contributed by atoms with van der Waals surface area (Å²) in [5.41, 5.74) is 0. The molecule has 0 saturated heterocycles. The number of aldehydes is 2. The van der Waals surface area contributed by atoms with Gasteiger partial charge in [-0.3, -0.25) is 9.59 Å². The van der Waals surface area contributed by atoms with Crippen LogP contribution in [-0.4, -0.2) is 24.1 Å². The highest BCUT2D eigenvalue weighted by atomic mass is 16.1. The fourth-order valence-electron chi connectivity index (χ4n) is 0.669. The third-order valence-corrected chi connectivity index (χ3v) is 1.30. The normalized spacial score (nSPS) is 9.00. The van der Waals surface area contributed by atoms with E-state index in [0.717, 1.165) is 0 Å². The van der Waals surface area contributed by atoms with E-state index in [0.29, 0.717) is 12.6 Å². The van der Waals surface area contributed by atoms with Crippen LogP contribution in [0, 0.1) is 0 Å². The summed E-state index contributed by atoms with van der Waals surface area (Å²) in [5.74, 6) is -0.520. The smallest absolute Gasteiger partial charge is 0.140 e. The Balaban J connectivity index is 3.53. The van der Waals surface area contributed by atoms with Gasteiger partial charge in [0.05, 0.1) is 12.8 Å². The zero-order valence-corrected chi connectivity index (χ0v) is 6.62. The van der Waals surface area contributed by atoms with Crippen LogP contribution in [0.4, 0.5) is 0 Å². The maximum absolute atomic E-state index is 10.7. The van der Waals surface area contributed by atoms with Crippen molar-refractivity contribution >= 4 is 24.1 Å². The van der Waals surface area contributed by atoms with Crippen molar-refractivity contribution in [2.75, 3.05) is 0 Å². The first kappa shape index (κ1) is 10.7. The third kappa shape index (κ3) is 5.46. The van der Waals surface area contributed by atoms with Crippen LogP contribution >= 0.6 is 0 Å². The first-order chi connectivity index (χ1) is 5.70. The van der Waals surface area contributed by atoms with Gasteiger partial charge in [-0.05, 0) is 0 Å². The van der Waals surface area contributed by atoms with Crippen molar-refractivity contribution in [2.45, 2.75) is 25.7 Å². The van der Waals surface area contributed by atoms with Crippen LogP contribution in [0.2, 0.25) is 0 Å². The summed E-state index contributed by atoms with van der Waals surface area (Å²) in [5, 5.41) is 0. The fraction of sp³-hybridized carbons (Fsp3) is 0.500. The van der Waals surface area contributed by atoms with Crippen LogP contribution in [0.5, 0.6) is 0 Å². The average Bonchev–Trinajstić information content (AvgIpc) is 2.02. The molecule has 0 radical (unpaired) electrons. The Hall–Kier alpha value is -1.32. The molecule has 0 atom stereocenters. The lowest BCUT2D eigenvalue weighted by Crippen LogP contribution is -2.04. The summed E-state index contributed by atoms with van der Waals surface area (Å²) < 4.78 is 0. The highest BCUT2D eigenvalue weighted by Crippen LogP contribution is 1.96. The Morgan fingerprint density at radius 2 is 1.17 bits per heavy atom. The quantitative estimate of drug-likeness (QED) is 0.401. The molecule has 0 amide bonds. The predicted molar refractivity (Wildman–Crippen MR) is 40.6 cm³/mol. The lowest BCUT2D eigenvalue weighted by Gasteiger charge is -1.93. The minimum absolute atomic E-state index is 0.0609. The minimum Gasteiger partial charge on any atom is -0.303 e. The molecule has 0 fully saturated rings. The maximum Gasteiger partial charge on any atom is 0.140 e. The van der Waals surface area contributed by atoms with E-state index in [-0.39, 0.29) is 37.2 Å². The molecule has 0 N–H and O–H groups in total. The molecule has 0 aromatic rings. The van der Waals surface area contributed by atoms with Crippen molar-refractivity contribution in [3.05, 3.63) is 0 Å². The van der Waals surface area contributed by atoms with E-state index < -0.39 is 0 Å². The molecular formula is C8H10O4. The Kier molecular flexibility index (Phi) is 5.69. The van der Waals surface area contributed by atoms with Crippen LogP contribution in [0.25, 0.3) is 0 Å². The number of hydrogen-bond donors (Lipinski definition) is 0. The van der Waals surface area contributed by atoms with Gasteiger partial charge < -0.3 is 9.59 Å². The van der Waals surface area contributed by atoms with E-state index in [4.69, 9.17) is 0 Å². The fourth-order valence-corrected chi connectivity index (χ4v) is 0.669. The third-order valence-electron chi connectivity index (χ3n) is 1.30. The van der Waals surface area contributed by atoms with Crippen molar-refractivity contribution in [1.82, 2.24) is 0 Å². The second-order valence-corrected chi connectivity index (χ2v) is 2.32. The van der Waals surface area contributed by atoms with Gasteiger partial charge in [-0.1, -0.05) is 0 Å². The number of hydrogen-bond acceptors (Lipinski definition) is 4. The Bertz CT molecular complexity index is 173. The molecule has 0 spiro atoms. The van der Waals surface area contributed by atoms with E-state index in [1.54, 1.807) is 0 Å². The minimum atomic E-state index is -0.260. The molecule has 0 aliphatic heterocycles. The second kappa shape index (κ2) is 6.39. The molecule has 0 aromatic heterocycles. The molecule has 0 heterocycles. The van der Waals surface area contributed by atoms with E-state index in [2.05, 4.69) is 0 Å². The topological polar surface area (TPSA) is 68.3 Å². The zero-order valence-electron chi connectivity index (χ0n) is 6.62. The van der Waals surface area contributed by atoms with Gasteiger partial charge in [0, 0.05) is 12.8 Å². The lowest BCUT2D eigenvalue weighted by atomic mass is 10.1. The standard InChI is InChI=1S/C8H10O4/c9-5-3-7(11)1-2-8(12)4-6-10/h5-6H,1-4H2. The van der Waals surface area contributed by atoms with Gasteiger partial charge in [0.15, 0.2) is 0 Å². The SMILES string of the molecule is O=CCC(=O)CCC(=O)CC=O. The molecule has 12 heavy (non-hydrogen) atoms. The first-order valence-electron chi connectivity index (χ1n) is 3.61. The molecule has 4 heteroatoms. The summed E-state index contributed by atoms with van der Waals surface area (Å²) in [6.45, 7) is 0. The highest BCUT2D eigenvalue weighted by molar-refractivity contribution is 5.95. The van der Waals surface area contributed by atoms with Gasteiger partial charge in [-0.15, -0.1) is 0 Å². The largest absolute Gasteiger partial charge is 0.303 e. The van der Waals surface area contributed by atoms with Crippen LogP contribution < -0.4 is 0 Å². The summed E-state index contributed by atoms with van der Waals surface area (Å²) in [4.78, 5) is 41.0. The molecule has 4 nitrogen and oxygen atoms in total. The molecule has 0 saturated carbocycles. The lowest BCUT2D eigenvalue weighted by molar-refractivity contribution is -0.127. The van der Waals surface area contributed by atoms with E-state index >= 15 is 0 Å². The predicted octanol–water partition coefficient (Wildman–Crippen LogP) is 0.0828. The van der Waals surface area contributed by atoms with Gasteiger partial charge in [-0.2, -0.15) is 0 Å². The molecule has 0 aromatic carbocycles. The summed E-state index contributed by atoms with van der Waals surface area (Å²) >= 11 is 0.